The van der Waals surface area contributed by atoms with Crippen LogP contribution in [0.3, 0.4) is 0 Å². The summed E-state index contributed by atoms with van der Waals surface area (Å²) in [5.41, 5.74) is 5.62. The molecule has 1 aliphatic rings. The zero-order valence-electron chi connectivity index (χ0n) is 13.1. The molecule has 6 heteroatoms. The predicted molar refractivity (Wildman–Crippen MR) is 94.4 cm³/mol. The van der Waals surface area contributed by atoms with Gasteiger partial charge in [-0.3, -0.25) is 4.79 Å². The van der Waals surface area contributed by atoms with Crippen LogP contribution in [-0.2, 0) is 4.79 Å². The Kier molecular flexibility index (Phi) is 8.46. The molecule has 0 aliphatic heterocycles. The van der Waals surface area contributed by atoms with Crippen molar-refractivity contribution < 1.29 is 4.79 Å². The number of nitrogens with two attached hydrogens (primary N) is 1. The smallest absolute Gasteiger partial charge is 0.244 e. The van der Waals surface area contributed by atoms with Gasteiger partial charge in [-0.25, -0.2) is 4.99 Å². The molecule has 1 fully saturated rings. The Bertz CT molecular complexity index is 333. The van der Waals surface area contributed by atoms with Gasteiger partial charge in [0.15, 0.2) is 5.96 Å². The number of hydrogen-bond acceptors (Lipinski definition) is 2. The van der Waals surface area contributed by atoms with E-state index in [1.54, 1.807) is 0 Å². The van der Waals surface area contributed by atoms with E-state index in [0.717, 1.165) is 12.8 Å². The molecule has 0 atom stereocenters. The largest absolute Gasteiger partial charge is 0.370 e. The predicted octanol–water partition coefficient (Wildman–Crippen LogP) is 2.10. The van der Waals surface area contributed by atoms with Crippen LogP contribution >= 0.6 is 24.0 Å². The summed E-state index contributed by atoms with van der Waals surface area (Å²) in [6.07, 6.45) is 5.96. The molecule has 0 unspecified atom stereocenters. The van der Waals surface area contributed by atoms with Crippen molar-refractivity contribution in [2.45, 2.75) is 64.5 Å². The van der Waals surface area contributed by atoms with Crippen LogP contribution in [0.15, 0.2) is 4.99 Å². The van der Waals surface area contributed by atoms with Crippen LogP contribution in [0.4, 0.5) is 0 Å². The molecule has 3 N–H and O–H groups in total. The Morgan fingerprint density at radius 2 is 1.85 bits per heavy atom. The summed E-state index contributed by atoms with van der Waals surface area (Å²) < 4.78 is 0. The van der Waals surface area contributed by atoms with E-state index < -0.39 is 0 Å². The average molecular weight is 396 g/mol. The van der Waals surface area contributed by atoms with Crippen molar-refractivity contribution >= 4 is 35.8 Å². The number of rotatable bonds is 3. The fourth-order valence-electron chi connectivity index (χ4n) is 2.36. The van der Waals surface area contributed by atoms with Gasteiger partial charge in [-0.1, -0.05) is 19.3 Å². The Balaban J connectivity index is 0.00000361. The third kappa shape index (κ3) is 7.31. The van der Waals surface area contributed by atoms with Crippen LogP contribution in [0, 0.1) is 0 Å². The molecule has 5 nitrogen and oxygen atoms in total. The standard InChI is InChI=1S/C14H28N4O.HI/c1-14(2,3)17-13(15)16-10-12(19)18(4)11-8-6-5-7-9-11;/h11H,5-10H2,1-4H3,(H3,15,16,17);1H. The summed E-state index contributed by atoms with van der Waals surface area (Å²) in [5, 5.41) is 3.05. The number of nitrogens with one attached hydrogen (secondary N) is 1. The van der Waals surface area contributed by atoms with Crippen LogP contribution in [0.25, 0.3) is 0 Å². The van der Waals surface area contributed by atoms with E-state index in [4.69, 9.17) is 5.73 Å². The molecule has 0 spiro atoms. The third-order valence-electron chi connectivity index (χ3n) is 3.40. The first-order valence-corrected chi connectivity index (χ1v) is 7.13. The fourth-order valence-corrected chi connectivity index (χ4v) is 2.36. The van der Waals surface area contributed by atoms with Crippen molar-refractivity contribution in [2.24, 2.45) is 10.7 Å². The first kappa shape index (κ1) is 19.5. The summed E-state index contributed by atoms with van der Waals surface area (Å²) >= 11 is 0. The van der Waals surface area contributed by atoms with Gasteiger partial charge in [0.05, 0.1) is 0 Å². The molecule has 0 radical (unpaired) electrons. The number of guanidine groups is 1. The zero-order chi connectivity index (χ0) is 14.5. The van der Waals surface area contributed by atoms with Gasteiger partial charge in [0.25, 0.3) is 0 Å². The molecule has 1 rings (SSSR count). The molecule has 118 valence electrons. The number of hydrogen-bond donors (Lipinski definition) is 2. The molecule has 1 amide bonds. The normalized spacial score (nSPS) is 17.3. The zero-order valence-corrected chi connectivity index (χ0v) is 15.4. The Hall–Kier alpha value is -0.530. The van der Waals surface area contributed by atoms with E-state index in [2.05, 4.69) is 10.3 Å². The highest BCUT2D eigenvalue weighted by Gasteiger charge is 2.21. The summed E-state index contributed by atoms with van der Waals surface area (Å²) in [6.45, 7) is 6.14. The lowest BCUT2D eigenvalue weighted by Gasteiger charge is -2.31. The molecule has 1 saturated carbocycles. The monoisotopic (exact) mass is 396 g/mol. The summed E-state index contributed by atoms with van der Waals surface area (Å²) in [5.74, 6) is 0.378. The first-order valence-electron chi connectivity index (χ1n) is 7.13. The Labute approximate surface area is 139 Å². The topological polar surface area (TPSA) is 70.7 Å². The van der Waals surface area contributed by atoms with Gasteiger partial charge in [0.2, 0.25) is 5.91 Å². The number of carbonyl (C=O) groups excluding carboxylic acids is 1. The second-order valence-corrected chi connectivity index (χ2v) is 6.37. The number of carbonyl (C=O) groups is 1. The molecule has 0 aromatic rings. The quantitative estimate of drug-likeness (QED) is 0.436. The van der Waals surface area contributed by atoms with E-state index in [-0.39, 0.29) is 42.0 Å². The van der Waals surface area contributed by atoms with E-state index in [0.29, 0.717) is 12.0 Å². The maximum atomic E-state index is 12.0. The SMILES string of the molecule is CN(C(=O)CN=C(N)NC(C)(C)C)C1CCCCC1.I. The van der Waals surface area contributed by atoms with Crippen molar-refractivity contribution in [1.29, 1.82) is 0 Å². The van der Waals surface area contributed by atoms with Crippen molar-refractivity contribution in [3.63, 3.8) is 0 Å². The molecule has 1 aliphatic carbocycles. The average Bonchev–Trinajstić information content (AvgIpc) is 2.34. The van der Waals surface area contributed by atoms with Gasteiger partial charge in [0, 0.05) is 18.6 Å². The molecule has 0 bridgehead atoms. The third-order valence-corrected chi connectivity index (χ3v) is 3.40. The minimum absolute atomic E-state index is 0. The van der Waals surface area contributed by atoms with Gasteiger partial charge in [-0.15, -0.1) is 24.0 Å². The number of halogens is 1. The number of likely N-dealkylation sites (N-methyl/N-ethyl adjacent to an activating group) is 1. The molecule has 20 heavy (non-hydrogen) atoms. The molecule has 0 saturated heterocycles. The van der Waals surface area contributed by atoms with Gasteiger partial charge >= 0.3 is 0 Å². The molecule has 0 aromatic carbocycles. The molecule has 0 aromatic heterocycles. The van der Waals surface area contributed by atoms with E-state index in [1.807, 2.05) is 32.7 Å². The summed E-state index contributed by atoms with van der Waals surface area (Å²) in [6, 6.07) is 0.383. The van der Waals surface area contributed by atoms with Crippen molar-refractivity contribution in [2.75, 3.05) is 13.6 Å². The molecule has 0 heterocycles. The minimum atomic E-state index is -0.133. The van der Waals surface area contributed by atoms with Crippen LogP contribution in [0.1, 0.15) is 52.9 Å². The van der Waals surface area contributed by atoms with Gasteiger partial charge in [-0.2, -0.15) is 0 Å². The second kappa shape index (κ2) is 8.69. The number of amides is 1. The van der Waals surface area contributed by atoms with E-state index in [1.165, 1.54) is 19.3 Å². The molecular weight excluding hydrogens is 367 g/mol. The van der Waals surface area contributed by atoms with Gasteiger partial charge in [-0.05, 0) is 33.6 Å². The highest BCUT2D eigenvalue weighted by Crippen LogP contribution is 2.21. The maximum Gasteiger partial charge on any atom is 0.244 e. The minimum Gasteiger partial charge on any atom is -0.370 e. The van der Waals surface area contributed by atoms with Crippen molar-refractivity contribution in [3.8, 4) is 0 Å². The Morgan fingerprint density at radius 1 is 1.30 bits per heavy atom. The fraction of sp³-hybridized carbons (Fsp3) is 0.857. The highest BCUT2D eigenvalue weighted by atomic mass is 127. The lowest BCUT2D eigenvalue weighted by Crippen LogP contribution is -2.46. The lowest BCUT2D eigenvalue weighted by molar-refractivity contribution is -0.130. The van der Waals surface area contributed by atoms with Crippen LogP contribution < -0.4 is 11.1 Å². The lowest BCUT2D eigenvalue weighted by atomic mass is 9.94. The first-order chi connectivity index (χ1) is 8.79. The Morgan fingerprint density at radius 3 is 2.35 bits per heavy atom. The van der Waals surface area contributed by atoms with E-state index >= 15 is 0 Å². The van der Waals surface area contributed by atoms with Crippen LogP contribution in [-0.4, -0.2) is 41.9 Å². The summed E-state index contributed by atoms with van der Waals surface area (Å²) in [7, 11) is 1.88. The van der Waals surface area contributed by atoms with Gasteiger partial charge < -0.3 is 16.0 Å². The maximum absolute atomic E-state index is 12.0. The summed E-state index contributed by atoms with van der Waals surface area (Å²) in [4.78, 5) is 18.0. The molecular formula is C14H29IN4O. The van der Waals surface area contributed by atoms with Crippen LogP contribution in [0.5, 0.6) is 0 Å². The number of aliphatic imine (C=N–C) groups is 1. The highest BCUT2D eigenvalue weighted by molar-refractivity contribution is 14.0. The van der Waals surface area contributed by atoms with E-state index in [9.17, 15) is 4.79 Å². The van der Waals surface area contributed by atoms with Crippen molar-refractivity contribution in [3.05, 3.63) is 0 Å². The van der Waals surface area contributed by atoms with Gasteiger partial charge in [0.1, 0.15) is 6.54 Å². The second-order valence-electron chi connectivity index (χ2n) is 6.37. The van der Waals surface area contributed by atoms with Crippen molar-refractivity contribution in [1.82, 2.24) is 10.2 Å². The van der Waals surface area contributed by atoms with Crippen LogP contribution in [0.2, 0.25) is 0 Å². The number of nitrogens with zero attached hydrogens (tertiary/aromatic N) is 2.